The second-order valence-electron chi connectivity index (χ2n) is 8.13. The van der Waals surface area contributed by atoms with Crippen LogP contribution in [-0.2, 0) is 14.8 Å². The Hall–Kier alpha value is -2.62. The Morgan fingerprint density at radius 3 is 2.52 bits per heavy atom. The van der Waals surface area contributed by atoms with E-state index >= 15 is 0 Å². The third-order valence-corrected chi connectivity index (χ3v) is 7.68. The fraction of sp³-hybridized carbons (Fsp3) is 0.458. The van der Waals surface area contributed by atoms with Crippen molar-refractivity contribution in [3.8, 4) is 11.5 Å². The van der Waals surface area contributed by atoms with Crippen LogP contribution >= 0.6 is 0 Å². The van der Waals surface area contributed by atoms with E-state index in [1.165, 1.54) is 10.4 Å². The third-order valence-electron chi connectivity index (χ3n) is 5.76. The standard InChI is InChI=1S/C24H30N2O6S/c1-2-30-22-12-9-19(16-23(22)33(28,29)26-13-3-4-14-26)25-24(27)18-7-10-20(11-8-18)32-17-21-6-5-15-31-21/h7-12,16,21H,2-6,13-15,17H2,1H3,(H,25,27)/t21-/m0/s1. The second kappa shape index (κ2) is 10.5. The number of nitrogens with zero attached hydrogens (tertiary/aromatic N) is 1. The summed E-state index contributed by atoms with van der Waals surface area (Å²) in [5.74, 6) is 0.617. The van der Waals surface area contributed by atoms with Gasteiger partial charge in [-0.2, -0.15) is 4.31 Å². The molecule has 1 N–H and O–H groups in total. The van der Waals surface area contributed by atoms with Crippen LogP contribution in [-0.4, -0.2) is 57.6 Å². The highest BCUT2D eigenvalue weighted by Crippen LogP contribution is 2.32. The van der Waals surface area contributed by atoms with E-state index in [9.17, 15) is 13.2 Å². The monoisotopic (exact) mass is 474 g/mol. The molecule has 1 amide bonds. The number of hydrogen-bond acceptors (Lipinski definition) is 6. The minimum Gasteiger partial charge on any atom is -0.492 e. The number of anilines is 1. The van der Waals surface area contributed by atoms with Crippen LogP contribution in [0.4, 0.5) is 5.69 Å². The average molecular weight is 475 g/mol. The maximum atomic E-state index is 13.1. The third kappa shape index (κ3) is 5.66. The van der Waals surface area contributed by atoms with Gasteiger partial charge in [0.2, 0.25) is 10.0 Å². The summed E-state index contributed by atoms with van der Waals surface area (Å²) in [6.45, 7) is 4.40. The molecule has 2 aliphatic rings. The molecule has 0 saturated carbocycles. The smallest absolute Gasteiger partial charge is 0.255 e. The summed E-state index contributed by atoms with van der Waals surface area (Å²) in [6, 6.07) is 11.5. The fourth-order valence-corrected chi connectivity index (χ4v) is 5.67. The molecule has 4 rings (SSSR count). The topological polar surface area (TPSA) is 94.2 Å². The Morgan fingerprint density at radius 1 is 1.09 bits per heavy atom. The van der Waals surface area contributed by atoms with E-state index in [-0.39, 0.29) is 22.7 Å². The van der Waals surface area contributed by atoms with Crippen molar-refractivity contribution in [1.29, 1.82) is 0 Å². The predicted octanol–water partition coefficient (Wildman–Crippen LogP) is 3.68. The van der Waals surface area contributed by atoms with Crippen LogP contribution < -0.4 is 14.8 Å². The first-order valence-corrected chi connectivity index (χ1v) is 12.8. The fourth-order valence-electron chi connectivity index (χ4n) is 4.00. The zero-order valence-corrected chi connectivity index (χ0v) is 19.6. The lowest BCUT2D eigenvalue weighted by Crippen LogP contribution is -2.28. The minimum atomic E-state index is -3.70. The summed E-state index contributed by atoms with van der Waals surface area (Å²) in [5, 5.41) is 2.79. The number of carbonyl (C=O) groups excluding carboxylic acids is 1. The molecular weight excluding hydrogens is 444 g/mol. The maximum Gasteiger partial charge on any atom is 0.255 e. The van der Waals surface area contributed by atoms with Gasteiger partial charge >= 0.3 is 0 Å². The van der Waals surface area contributed by atoms with Crippen molar-refractivity contribution in [3.63, 3.8) is 0 Å². The van der Waals surface area contributed by atoms with E-state index in [4.69, 9.17) is 14.2 Å². The van der Waals surface area contributed by atoms with Crippen LogP contribution in [0.5, 0.6) is 11.5 Å². The Morgan fingerprint density at radius 2 is 1.85 bits per heavy atom. The average Bonchev–Trinajstić information content (AvgIpc) is 3.54. The van der Waals surface area contributed by atoms with Crippen molar-refractivity contribution in [2.45, 2.75) is 43.6 Å². The Labute approximate surface area is 194 Å². The molecule has 8 nitrogen and oxygen atoms in total. The normalized spacial score (nSPS) is 18.9. The van der Waals surface area contributed by atoms with Gasteiger partial charge in [-0.05, 0) is 75.1 Å². The quantitative estimate of drug-likeness (QED) is 0.596. The van der Waals surface area contributed by atoms with E-state index in [1.807, 2.05) is 0 Å². The molecule has 2 aromatic rings. The van der Waals surface area contributed by atoms with Crippen molar-refractivity contribution in [2.75, 3.05) is 38.2 Å². The van der Waals surface area contributed by atoms with Crippen LogP contribution in [0.1, 0.15) is 43.0 Å². The molecular formula is C24H30N2O6S. The molecule has 2 heterocycles. The largest absolute Gasteiger partial charge is 0.492 e. The van der Waals surface area contributed by atoms with E-state index < -0.39 is 10.0 Å². The SMILES string of the molecule is CCOc1ccc(NC(=O)c2ccc(OC[C@@H]3CCCO3)cc2)cc1S(=O)(=O)N1CCCC1. The number of ether oxygens (including phenoxy) is 3. The molecule has 0 aliphatic carbocycles. The molecule has 0 bridgehead atoms. The number of benzene rings is 2. The van der Waals surface area contributed by atoms with E-state index in [0.717, 1.165) is 32.3 Å². The molecule has 1 atom stereocenters. The van der Waals surface area contributed by atoms with Crippen LogP contribution in [0.15, 0.2) is 47.4 Å². The number of sulfonamides is 1. The summed E-state index contributed by atoms with van der Waals surface area (Å²) < 4.78 is 44.6. The van der Waals surface area contributed by atoms with Crippen LogP contribution in [0.25, 0.3) is 0 Å². The zero-order chi connectivity index (χ0) is 23.3. The van der Waals surface area contributed by atoms with Crippen LogP contribution in [0, 0.1) is 0 Å². The second-order valence-corrected chi connectivity index (χ2v) is 10.0. The lowest BCUT2D eigenvalue weighted by Gasteiger charge is -2.19. The van der Waals surface area contributed by atoms with Crippen molar-refractivity contribution in [2.24, 2.45) is 0 Å². The Bertz CT molecular complexity index is 1060. The molecule has 2 aromatic carbocycles. The first kappa shape index (κ1) is 23.5. The predicted molar refractivity (Wildman–Crippen MR) is 124 cm³/mol. The van der Waals surface area contributed by atoms with Gasteiger partial charge in [-0.15, -0.1) is 0 Å². The highest BCUT2D eigenvalue weighted by Gasteiger charge is 2.30. The Balaban J connectivity index is 1.46. The van der Waals surface area contributed by atoms with Gasteiger partial charge in [0, 0.05) is 30.9 Å². The lowest BCUT2D eigenvalue weighted by atomic mass is 10.2. The van der Waals surface area contributed by atoms with Gasteiger partial charge in [-0.3, -0.25) is 4.79 Å². The molecule has 178 valence electrons. The van der Waals surface area contributed by atoms with Gasteiger partial charge in [-0.25, -0.2) is 8.42 Å². The molecule has 33 heavy (non-hydrogen) atoms. The zero-order valence-electron chi connectivity index (χ0n) is 18.8. The van der Waals surface area contributed by atoms with Gasteiger partial charge in [0.1, 0.15) is 23.0 Å². The molecule has 2 fully saturated rings. The molecule has 0 unspecified atom stereocenters. The van der Waals surface area contributed by atoms with Gasteiger partial charge in [0.05, 0.1) is 12.7 Å². The number of hydrogen-bond donors (Lipinski definition) is 1. The Kier molecular flexibility index (Phi) is 7.52. The number of nitrogens with one attached hydrogen (secondary N) is 1. The molecule has 0 spiro atoms. The molecule has 2 saturated heterocycles. The maximum absolute atomic E-state index is 13.1. The molecule has 0 aromatic heterocycles. The first-order valence-electron chi connectivity index (χ1n) is 11.4. The lowest BCUT2D eigenvalue weighted by molar-refractivity contribution is 0.0679. The number of amides is 1. The molecule has 0 radical (unpaired) electrons. The highest BCUT2D eigenvalue weighted by atomic mass is 32.2. The van der Waals surface area contributed by atoms with E-state index in [2.05, 4.69) is 5.32 Å². The number of carbonyl (C=O) groups is 1. The summed E-state index contributed by atoms with van der Waals surface area (Å²) in [7, 11) is -3.70. The van der Waals surface area contributed by atoms with Gasteiger partial charge in [0.15, 0.2) is 0 Å². The summed E-state index contributed by atoms with van der Waals surface area (Å²) in [4.78, 5) is 12.8. The molecule has 2 aliphatic heterocycles. The van der Waals surface area contributed by atoms with Crippen molar-refractivity contribution < 1.29 is 27.4 Å². The van der Waals surface area contributed by atoms with E-state index in [0.29, 0.717) is 43.3 Å². The first-order chi connectivity index (χ1) is 16.0. The van der Waals surface area contributed by atoms with Gasteiger partial charge in [-0.1, -0.05) is 0 Å². The minimum absolute atomic E-state index is 0.0712. The van der Waals surface area contributed by atoms with Crippen LogP contribution in [0.3, 0.4) is 0 Å². The molecule has 9 heteroatoms. The van der Waals surface area contributed by atoms with Crippen molar-refractivity contribution in [1.82, 2.24) is 4.31 Å². The summed E-state index contributed by atoms with van der Waals surface area (Å²) in [5.41, 5.74) is 0.831. The van der Waals surface area contributed by atoms with Gasteiger partial charge in [0.25, 0.3) is 5.91 Å². The number of rotatable bonds is 9. The van der Waals surface area contributed by atoms with Crippen LogP contribution in [0.2, 0.25) is 0 Å². The highest BCUT2D eigenvalue weighted by molar-refractivity contribution is 7.89. The van der Waals surface area contributed by atoms with E-state index in [1.54, 1.807) is 43.3 Å². The van der Waals surface area contributed by atoms with Gasteiger partial charge < -0.3 is 19.5 Å². The van der Waals surface area contributed by atoms with Crippen molar-refractivity contribution in [3.05, 3.63) is 48.0 Å². The summed E-state index contributed by atoms with van der Waals surface area (Å²) >= 11 is 0. The summed E-state index contributed by atoms with van der Waals surface area (Å²) in [6.07, 6.45) is 3.86. The van der Waals surface area contributed by atoms with Crippen molar-refractivity contribution >= 4 is 21.6 Å².